The van der Waals surface area contributed by atoms with E-state index in [2.05, 4.69) is 15.6 Å². The number of amides is 3. The minimum atomic E-state index is -4.49. The number of carbonyl (C=O) groups is 2. The van der Waals surface area contributed by atoms with Crippen LogP contribution >= 0.6 is 0 Å². The Morgan fingerprint density at radius 2 is 2.07 bits per heavy atom. The molecule has 3 rings (SSSR count). The molecule has 0 aliphatic carbocycles. The Morgan fingerprint density at radius 3 is 2.62 bits per heavy atom. The van der Waals surface area contributed by atoms with Gasteiger partial charge in [-0.3, -0.25) is 4.79 Å². The molecule has 0 saturated carbocycles. The van der Waals surface area contributed by atoms with E-state index in [1.807, 2.05) is 0 Å². The van der Waals surface area contributed by atoms with Gasteiger partial charge in [0.05, 0.1) is 18.4 Å². The van der Waals surface area contributed by atoms with Crippen molar-refractivity contribution in [2.45, 2.75) is 12.2 Å². The van der Waals surface area contributed by atoms with Gasteiger partial charge < -0.3 is 25.0 Å². The summed E-state index contributed by atoms with van der Waals surface area (Å²) in [6.45, 7) is 0.162. The molecule has 8 nitrogen and oxygen atoms in total. The smallest absolute Gasteiger partial charge is 0.417 e. The Kier molecular flexibility index (Phi) is 5.48. The maximum atomic E-state index is 12.6. The molecule has 3 amide bonds. The van der Waals surface area contributed by atoms with E-state index in [-0.39, 0.29) is 29.9 Å². The fraction of sp³-hybridized carbons (Fsp3) is 0.278. The number of nitrogens with one attached hydrogen (secondary N) is 2. The second kappa shape index (κ2) is 7.86. The number of rotatable bonds is 5. The number of alkyl halides is 3. The van der Waals surface area contributed by atoms with Gasteiger partial charge >= 0.3 is 12.2 Å². The van der Waals surface area contributed by atoms with E-state index < -0.39 is 23.7 Å². The van der Waals surface area contributed by atoms with Gasteiger partial charge in [0, 0.05) is 31.9 Å². The third kappa shape index (κ3) is 4.50. The summed E-state index contributed by atoms with van der Waals surface area (Å²) in [6.07, 6.45) is -3.83. The van der Waals surface area contributed by atoms with Gasteiger partial charge in [0.1, 0.15) is 17.5 Å². The summed E-state index contributed by atoms with van der Waals surface area (Å²) in [5, 5.41) is 5.22. The highest BCUT2D eigenvalue weighted by Crippen LogP contribution is 2.33. The van der Waals surface area contributed by atoms with E-state index in [9.17, 15) is 22.8 Å². The number of halogens is 3. The van der Waals surface area contributed by atoms with Crippen LogP contribution in [0.15, 0.2) is 36.5 Å². The Hall–Kier alpha value is -3.50. The summed E-state index contributed by atoms with van der Waals surface area (Å²) in [7, 11) is 2.91. The van der Waals surface area contributed by atoms with Crippen LogP contribution < -0.4 is 20.1 Å². The summed E-state index contributed by atoms with van der Waals surface area (Å²) in [4.78, 5) is 28.9. The minimum Gasteiger partial charge on any atom is -0.495 e. The summed E-state index contributed by atoms with van der Waals surface area (Å²) >= 11 is 0. The molecule has 2 heterocycles. The maximum absolute atomic E-state index is 12.6. The zero-order chi connectivity index (χ0) is 21.2. The number of pyridine rings is 1. The Labute approximate surface area is 163 Å². The number of ether oxygens (including phenoxy) is 2. The standard InChI is InChI=1S/C18H17F3N4O4/c1-25-13(9-23-17(25)27)16(26)24-12-7-11(4-5-14(12)28-2)29-15-6-3-10(8-22-15)18(19,20)21/h3-8,13H,9H2,1-2H3,(H,23,27)(H,24,26). The van der Waals surface area contributed by atoms with Gasteiger partial charge in [0.2, 0.25) is 11.8 Å². The topological polar surface area (TPSA) is 92.8 Å². The SMILES string of the molecule is COc1ccc(Oc2ccc(C(F)(F)F)cn2)cc1NC(=O)C1CNC(=O)N1C. The molecule has 11 heteroatoms. The van der Waals surface area contributed by atoms with E-state index in [0.29, 0.717) is 11.9 Å². The average Bonchev–Trinajstić information content (AvgIpc) is 3.00. The summed E-state index contributed by atoms with van der Waals surface area (Å²) in [5.74, 6) is 0.0769. The number of nitrogens with zero attached hydrogens (tertiary/aromatic N) is 2. The van der Waals surface area contributed by atoms with Crippen LogP contribution in [0.3, 0.4) is 0 Å². The van der Waals surface area contributed by atoms with Gasteiger partial charge in [-0.1, -0.05) is 0 Å². The lowest BCUT2D eigenvalue weighted by atomic mass is 10.2. The van der Waals surface area contributed by atoms with Crippen LogP contribution in [0.1, 0.15) is 5.56 Å². The van der Waals surface area contributed by atoms with Crippen LogP contribution in [0.5, 0.6) is 17.4 Å². The molecule has 1 aromatic heterocycles. The highest BCUT2D eigenvalue weighted by molar-refractivity contribution is 5.99. The van der Waals surface area contributed by atoms with Crippen molar-refractivity contribution in [3.05, 3.63) is 42.1 Å². The van der Waals surface area contributed by atoms with Crippen LogP contribution in [0.2, 0.25) is 0 Å². The molecule has 154 valence electrons. The number of carbonyl (C=O) groups excluding carboxylic acids is 2. The third-order valence-electron chi connectivity index (χ3n) is 4.25. The second-order valence-corrected chi connectivity index (χ2v) is 6.15. The van der Waals surface area contributed by atoms with Crippen LogP contribution in [0.25, 0.3) is 0 Å². The number of likely N-dealkylation sites (N-methyl/N-ethyl adjacent to an activating group) is 1. The van der Waals surface area contributed by atoms with Gasteiger partial charge in [-0.15, -0.1) is 0 Å². The largest absolute Gasteiger partial charge is 0.495 e. The van der Waals surface area contributed by atoms with Crippen LogP contribution in [0, 0.1) is 0 Å². The molecule has 29 heavy (non-hydrogen) atoms. The zero-order valence-corrected chi connectivity index (χ0v) is 15.4. The Bertz CT molecular complexity index is 918. The number of urea groups is 1. The molecule has 2 aromatic rings. The van der Waals surface area contributed by atoms with E-state index in [0.717, 1.165) is 12.1 Å². The summed E-state index contributed by atoms with van der Waals surface area (Å²) in [6, 6.07) is 5.37. The molecular weight excluding hydrogens is 393 g/mol. The molecule has 0 spiro atoms. The van der Waals surface area contributed by atoms with Crippen molar-refractivity contribution >= 4 is 17.6 Å². The molecule has 0 bridgehead atoms. The predicted molar refractivity (Wildman–Crippen MR) is 95.9 cm³/mol. The number of hydrogen-bond acceptors (Lipinski definition) is 5. The Balaban J connectivity index is 1.76. The van der Waals surface area contributed by atoms with Crippen molar-refractivity contribution in [2.24, 2.45) is 0 Å². The van der Waals surface area contributed by atoms with Gasteiger partial charge in [0.15, 0.2) is 0 Å². The van der Waals surface area contributed by atoms with Crippen molar-refractivity contribution in [1.82, 2.24) is 15.2 Å². The summed E-state index contributed by atoms with van der Waals surface area (Å²) in [5.41, 5.74) is -0.619. The molecule has 1 unspecified atom stereocenters. The highest BCUT2D eigenvalue weighted by Gasteiger charge is 2.33. The van der Waals surface area contributed by atoms with Crippen LogP contribution in [0.4, 0.5) is 23.7 Å². The van der Waals surface area contributed by atoms with Crippen LogP contribution in [-0.4, -0.2) is 48.6 Å². The third-order valence-corrected chi connectivity index (χ3v) is 4.25. The average molecular weight is 410 g/mol. The molecule has 1 atom stereocenters. The molecule has 1 aliphatic heterocycles. The van der Waals surface area contributed by atoms with Crippen LogP contribution in [-0.2, 0) is 11.0 Å². The first kappa shape index (κ1) is 20.2. The number of anilines is 1. The molecule has 1 aliphatic rings. The molecule has 0 radical (unpaired) electrons. The lowest BCUT2D eigenvalue weighted by molar-refractivity contribution is -0.137. The van der Waals surface area contributed by atoms with E-state index in [1.54, 1.807) is 0 Å². The van der Waals surface area contributed by atoms with E-state index in [1.165, 1.54) is 37.3 Å². The normalized spacial score (nSPS) is 16.4. The quantitative estimate of drug-likeness (QED) is 0.791. The number of hydrogen-bond donors (Lipinski definition) is 2. The molecular formula is C18H17F3N4O4. The van der Waals surface area contributed by atoms with E-state index in [4.69, 9.17) is 9.47 Å². The fourth-order valence-electron chi connectivity index (χ4n) is 2.65. The number of benzene rings is 1. The monoisotopic (exact) mass is 410 g/mol. The predicted octanol–water partition coefficient (Wildman–Crippen LogP) is 2.86. The number of methoxy groups -OCH3 is 1. The fourth-order valence-corrected chi connectivity index (χ4v) is 2.65. The van der Waals surface area contributed by atoms with Gasteiger partial charge in [0.25, 0.3) is 0 Å². The minimum absolute atomic E-state index is 0.0502. The van der Waals surface area contributed by atoms with Crippen molar-refractivity contribution in [3.8, 4) is 17.4 Å². The highest BCUT2D eigenvalue weighted by atomic mass is 19.4. The van der Waals surface area contributed by atoms with E-state index >= 15 is 0 Å². The first-order valence-electron chi connectivity index (χ1n) is 8.39. The molecule has 1 saturated heterocycles. The van der Waals surface area contributed by atoms with Gasteiger partial charge in [-0.2, -0.15) is 13.2 Å². The van der Waals surface area contributed by atoms with Gasteiger partial charge in [-0.25, -0.2) is 9.78 Å². The van der Waals surface area contributed by atoms with Crippen molar-refractivity contribution < 1.29 is 32.2 Å². The van der Waals surface area contributed by atoms with Crippen molar-refractivity contribution in [2.75, 3.05) is 26.0 Å². The summed E-state index contributed by atoms with van der Waals surface area (Å²) < 4.78 is 48.5. The number of aromatic nitrogens is 1. The zero-order valence-electron chi connectivity index (χ0n) is 15.4. The van der Waals surface area contributed by atoms with Gasteiger partial charge in [-0.05, 0) is 18.2 Å². The molecule has 1 fully saturated rings. The lowest BCUT2D eigenvalue weighted by Gasteiger charge is -2.18. The second-order valence-electron chi connectivity index (χ2n) is 6.15. The molecule has 1 aromatic carbocycles. The first-order valence-corrected chi connectivity index (χ1v) is 8.39. The molecule has 2 N–H and O–H groups in total. The lowest BCUT2D eigenvalue weighted by Crippen LogP contribution is -2.40. The van der Waals surface area contributed by atoms with Crippen molar-refractivity contribution in [1.29, 1.82) is 0 Å². The maximum Gasteiger partial charge on any atom is 0.417 e. The van der Waals surface area contributed by atoms with Crippen molar-refractivity contribution in [3.63, 3.8) is 0 Å². The first-order chi connectivity index (χ1) is 13.7. The Morgan fingerprint density at radius 1 is 1.31 bits per heavy atom.